The Morgan fingerprint density at radius 2 is 1.93 bits per heavy atom. The molecule has 0 spiro atoms. The highest BCUT2D eigenvalue weighted by molar-refractivity contribution is 7.17. The quantitative estimate of drug-likeness (QED) is 0.543. The average Bonchev–Trinajstić information content (AvgIpc) is 3.12. The van der Waals surface area contributed by atoms with Crippen LogP contribution in [0.5, 0.6) is 0 Å². The summed E-state index contributed by atoms with van der Waals surface area (Å²) in [6.45, 7) is 1.38. The monoisotopic (exact) mass is 411 g/mol. The van der Waals surface area contributed by atoms with E-state index in [-0.39, 0.29) is 17.9 Å². The van der Waals surface area contributed by atoms with Crippen LogP contribution in [0.2, 0.25) is 0 Å². The fourth-order valence-corrected chi connectivity index (χ4v) is 3.89. The van der Waals surface area contributed by atoms with Gasteiger partial charge in [0.25, 0.3) is 5.56 Å². The van der Waals surface area contributed by atoms with Gasteiger partial charge in [-0.1, -0.05) is 18.2 Å². The van der Waals surface area contributed by atoms with Gasteiger partial charge in [0.15, 0.2) is 0 Å². The second-order valence-corrected chi connectivity index (χ2v) is 7.40. The van der Waals surface area contributed by atoms with Crippen LogP contribution < -0.4 is 10.9 Å². The molecule has 0 radical (unpaired) electrons. The molecule has 0 aliphatic carbocycles. The van der Waals surface area contributed by atoms with E-state index in [0.29, 0.717) is 21.5 Å². The van der Waals surface area contributed by atoms with E-state index in [2.05, 4.69) is 10.3 Å². The van der Waals surface area contributed by atoms with Crippen LogP contribution >= 0.6 is 11.3 Å². The molecule has 2 heterocycles. The van der Waals surface area contributed by atoms with Gasteiger partial charge in [-0.3, -0.25) is 14.2 Å². The zero-order valence-corrected chi connectivity index (χ0v) is 16.1. The zero-order chi connectivity index (χ0) is 20.5. The smallest absolute Gasteiger partial charge is 0.271 e. The van der Waals surface area contributed by atoms with Crippen molar-refractivity contribution in [3.63, 3.8) is 0 Å². The normalized spacial score (nSPS) is 11.0. The Balaban J connectivity index is 1.59. The van der Waals surface area contributed by atoms with Crippen LogP contribution in [0.3, 0.4) is 0 Å². The number of carbonyl (C=O) groups is 1. The molecule has 1 N–H and O–H groups in total. The fraction of sp³-hybridized carbons (Fsp3) is 0.0952. The lowest BCUT2D eigenvalue weighted by molar-refractivity contribution is -0.116. The van der Waals surface area contributed by atoms with Crippen LogP contribution in [-0.4, -0.2) is 15.5 Å². The summed E-state index contributed by atoms with van der Waals surface area (Å²) >= 11 is 1.22. The van der Waals surface area contributed by atoms with Crippen LogP contribution in [0, 0.1) is 18.6 Å². The van der Waals surface area contributed by atoms with Gasteiger partial charge in [0.1, 0.15) is 22.9 Å². The van der Waals surface area contributed by atoms with Crippen molar-refractivity contribution >= 4 is 33.1 Å². The number of nitrogens with zero attached hydrogens (tertiary/aromatic N) is 2. The predicted octanol–water partition coefficient (Wildman–Crippen LogP) is 4.35. The average molecular weight is 411 g/mol. The van der Waals surface area contributed by atoms with Gasteiger partial charge in [-0.25, -0.2) is 13.8 Å². The van der Waals surface area contributed by atoms with E-state index in [9.17, 15) is 18.4 Å². The molecule has 0 bridgehead atoms. The van der Waals surface area contributed by atoms with Gasteiger partial charge in [-0.2, -0.15) is 0 Å². The van der Waals surface area contributed by atoms with Crippen molar-refractivity contribution in [2.45, 2.75) is 13.5 Å². The molecule has 4 rings (SSSR count). The number of hydrogen-bond acceptors (Lipinski definition) is 4. The summed E-state index contributed by atoms with van der Waals surface area (Å²) in [6, 6.07) is 10.3. The number of anilines is 1. The molecule has 0 saturated heterocycles. The third kappa shape index (κ3) is 3.79. The van der Waals surface area contributed by atoms with E-state index in [4.69, 9.17) is 0 Å². The molecule has 0 aliphatic heterocycles. The van der Waals surface area contributed by atoms with Gasteiger partial charge < -0.3 is 5.32 Å². The van der Waals surface area contributed by atoms with E-state index in [1.54, 1.807) is 36.6 Å². The highest BCUT2D eigenvalue weighted by atomic mass is 32.1. The van der Waals surface area contributed by atoms with E-state index in [0.717, 1.165) is 11.1 Å². The van der Waals surface area contributed by atoms with Crippen molar-refractivity contribution in [2.24, 2.45) is 0 Å². The van der Waals surface area contributed by atoms with E-state index in [1.165, 1.54) is 40.4 Å². The van der Waals surface area contributed by atoms with E-state index < -0.39 is 11.7 Å². The predicted molar refractivity (Wildman–Crippen MR) is 109 cm³/mol. The second-order valence-electron chi connectivity index (χ2n) is 6.52. The molecule has 0 fully saturated rings. The molecular weight excluding hydrogens is 396 g/mol. The molecule has 5 nitrogen and oxygen atoms in total. The summed E-state index contributed by atoms with van der Waals surface area (Å²) in [6.07, 6.45) is 1.31. The number of halogens is 2. The second kappa shape index (κ2) is 7.56. The Hall–Kier alpha value is -3.39. The minimum absolute atomic E-state index is 0.249. The molecule has 1 amide bonds. The maximum atomic E-state index is 13.6. The molecule has 2 aromatic carbocycles. The number of rotatable bonds is 4. The number of thiophene rings is 1. The van der Waals surface area contributed by atoms with Crippen molar-refractivity contribution in [2.75, 3.05) is 5.32 Å². The zero-order valence-electron chi connectivity index (χ0n) is 15.3. The first-order chi connectivity index (χ1) is 13.9. The lowest BCUT2D eigenvalue weighted by atomic mass is 10.1. The van der Waals surface area contributed by atoms with Gasteiger partial charge in [0, 0.05) is 16.6 Å². The largest absolute Gasteiger partial charge is 0.324 e. The summed E-state index contributed by atoms with van der Waals surface area (Å²) in [5.41, 5.74) is 2.43. The fourth-order valence-electron chi connectivity index (χ4n) is 2.91. The number of carbonyl (C=O) groups excluding carboxylic acids is 1. The Kier molecular flexibility index (Phi) is 4.94. The van der Waals surface area contributed by atoms with Gasteiger partial charge >= 0.3 is 0 Å². The van der Waals surface area contributed by atoms with Crippen molar-refractivity contribution in [1.29, 1.82) is 0 Å². The summed E-state index contributed by atoms with van der Waals surface area (Å²) in [5.74, 6) is -1.23. The van der Waals surface area contributed by atoms with E-state index >= 15 is 0 Å². The molecule has 0 saturated carbocycles. The van der Waals surface area contributed by atoms with Gasteiger partial charge in [0.05, 0.1) is 11.8 Å². The third-order valence-corrected chi connectivity index (χ3v) is 5.43. The maximum Gasteiger partial charge on any atom is 0.271 e. The highest BCUT2D eigenvalue weighted by Gasteiger charge is 2.14. The number of hydrogen-bond donors (Lipinski definition) is 1. The first kappa shape index (κ1) is 18.9. The Bertz CT molecular complexity index is 1280. The van der Waals surface area contributed by atoms with Crippen molar-refractivity contribution in [3.8, 4) is 11.1 Å². The molecule has 29 heavy (non-hydrogen) atoms. The molecule has 146 valence electrons. The Labute approximate surface area is 168 Å². The SMILES string of the molecule is Cc1ccc(NC(=O)Cn2cnc3c(-c4ccc(F)cc4)csc3c2=O)cc1F. The Morgan fingerprint density at radius 1 is 1.17 bits per heavy atom. The standard InChI is InChI=1S/C21H15F2N3O2S/c1-12-2-7-15(8-17(12)23)25-18(27)9-26-11-24-19-16(10-29-20(19)21(26)28)13-3-5-14(22)6-4-13/h2-8,10-11H,9H2,1H3,(H,25,27). The third-order valence-electron chi connectivity index (χ3n) is 4.47. The molecule has 0 unspecified atom stereocenters. The number of aryl methyl sites for hydroxylation is 1. The van der Waals surface area contributed by atoms with E-state index in [1.807, 2.05) is 0 Å². The lowest BCUT2D eigenvalue weighted by Crippen LogP contribution is -2.27. The topological polar surface area (TPSA) is 64.0 Å². The summed E-state index contributed by atoms with van der Waals surface area (Å²) in [7, 11) is 0. The van der Waals surface area contributed by atoms with Gasteiger partial charge in [-0.15, -0.1) is 11.3 Å². The minimum atomic E-state index is -0.466. The first-order valence-electron chi connectivity index (χ1n) is 8.71. The minimum Gasteiger partial charge on any atom is -0.324 e. The van der Waals surface area contributed by atoms with Gasteiger partial charge in [-0.05, 0) is 42.3 Å². The number of amides is 1. The Morgan fingerprint density at radius 3 is 2.66 bits per heavy atom. The van der Waals surface area contributed by atoms with Crippen LogP contribution in [-0.2, 0) is 11.3 Å². The van der Waals surface area contributed by atoms with Crippen LogP contribution in [0.15, 0.2) is 59.0 Å². The van der Waals surface area contributed by atoms with Crippen molar-refractivity contribution < 1.29 is 13.6 Å². The maximum absolute atomic E-state index is 13.6. The number of nitrogens with one attached hydrogen (secondary N) is 1. The summed E-state index contributed by atoms with van der Waals surface area (Å²) in [5, 5.41) is 4.36. The van der Waals surface area contributed by atoms with Gasteiger partial charge in [0.2, 0.25) is 5.91 Å². The van der Waals surface area contributed by atoms with Crippen LogP contribution in [0.25, 0.3) is 21.3 Å². The van der Waals surface area contributed by atoms with Crippen molar-refractivity contribution in [3.05, 3.63) is 81.7 Å². The van der Waals surface area contributed by atoms with Crippen LogP contribution in [0.4, 0.5) is 14.5 Å². The molecular formula is C21H15F2N3O2S. The molecule has 0 aliphatic rings. The number of aromatic nitrogens is 2. The number of benzene rings is 2. The summed E-state index contributed by atoms with van der Waals surface area (Å²) in [4.78, 5) is 29.3. The molecule has 2 aromatic heterocycles. The summed E-state index contributed by atoms with van der Waals surface area (Å²) < 4.78 is 28.4. The lowest BCUT2D eigenvalue weighted by Gasteiger charge is -2.08. The first-order valence-corrected chi connectivity index (χ1v) is 9.59. The van der Waals surface area contributed by atoms with Crippen molar-refractivity contribution in [1.82, 2.24) is 9.55 Å². The molecule has 8 heteroatoms. The van der Waals surface area contributed by atoms with Crippen LogP contribution in [0.1, 0.15) is 5.56 Å². The molecule has 4 aromatic rings. The number of fused-ring (bicyclic) bond motifs is 1. The molecule has 0 atom stereocenters. The highest BCUT2D eigenvalue weighted by Crippen LogP contribution is 2.30.